The normalized spacial score (nSPS) is 12.2. The van der Waals surface area contributed by atoms with Crippen LogP contribution in [0, 0.1) is 0 Å². The molecule has 0 heterocycles. The van der Waals surface area contributed by atoms with Crippen molar-refractivity contribution in [3.05, 3.63) is 65.7 Å². The molecular weight excluding hydrogens is 367 g/mol. The number of hydrogen-bond donors (Lipinski definition) is 0. The van der Waals surface area contributed by atoms with Gasteiger partial charge in [-0.05, 0) is 27.5 Å². The first-order valence-electron chi connectivity index (χ1n) is 8.47. The predicted molar refractivity (Wildman–Crippen MR) is 102 cm³/mol. The Bertz CT molecular complexity index is 806. The van der Waals surface area contributed by atoms with E-state index in [1.165, 1.54) is 33.0 Å². The fourth-order valence-corrected chi connectivity index (χ4v) is 3.06. The van der Waals surface area contributed by atoms with Crippen molar-refractivity contribution < 1.29 is 26.2 Å². The van der Waals surface area contributed by atoms with Crippen LogP contribution in [0.4, 0.5) is 0 Å². The number of rotatable bonds is 1. The van der Waals surface area contributed by atoms with Gasteiger partial charge in [0.2, 0.25) is 0 Å². The molecule has 0 atom stereocenters. The summed E-state index contributed by atoms with van der Waals surface area (Å²) in [7, 11) is 0. The van der Waals surface area contributed by atoms with E-state index in [0.717, 1.165) is 0 Å². The summed E-state index contributed by atoms with van der Waals surface area (Å²) in [4.78, 5) is 0. The molecule has 0 nitrogen and oxygen atoms in total. The van der Waals surface area contributed by atoms with E-state index in [2.05, 4.69) is 96.1 Å². The van der Waals surface area contributed by atoms with E-state index in [0.29, 0.717) is 0 Å². The summed E-state index contributed by atoms with van der Waals surface area (Å²) < 4.78 is 0. The van der Waals surface area contributed by atoms with Crippen LogP contribution in [0.3, 0.4) is 0 Å². The van der Waals surface area contributed by atoms with Crippen molar-refractivity contribution in [1.29, 1.82) is 0 Å². The molecule has 0 aliphatic heterocycles. The molecule has 0 spiro atoms. The Kier molecular flexibility index (Phi) is 5.36. The maximum absolute atomic E-state index is 2.38. The average Bonchev–Trinajstić information content (AvgIpc) is 2.93. The van der Waals surface area contributed by atoms with E-state index < -0.39 is 0 Å². The molecule has 0 unspecified atom stereocenters. The van der Waals surface area contributed by atoms with E-state index in [9.17, 15) is 0 Å². The minimum Gasteiger partial charge on any atom is -0.168 e. The second-order valence-electron chi connectivity index (χ2n) is 8.63. The molecule has 0 radical (unpaired) electrons. The van der Waals surface area contributed by atoms with Gasteiger partial charge in [0.05, 0.1) is 0 Å². The molecular formula is C23H27Zr-. The summed E-state index contributed by atoms with van der Waals surface area (Å²) in [6, 6.07) is 20.3. The van der Waals surface area contributed by atoms with E-state index >= 15 is 0 Å². The van der Waals surface area contributed by atoms with Crippen molar-refractivity contribution >= 4 is 10.8 Å². The summed E-state index contributed by atoms with van der Waals surface area (Å²) in [5.74, 6) is 0. The summed E-state index contributed by atoms with van der Waals surface area (Å²) >= 11 is 0. The Hall–Kier alpha value is -1.07. The van der Waals surface area contributed by atoms with Crippen LogP contribution in [0.5, 0.6) is 0 Å². The van der Waals surface area contributed by atoms with Gasteiger partial charge in [0.1, 0.15) is 0 Å². The fourth-order valence-electron chi connectivity index (χ4n) is 3.06. The summed E-state index contributed by atoms with van der Waals surface area (Å²) in [6.07, 6.45) is 0. The predicted octanol–water partition coefficient (Wildman–Crippen LogP) is 6.82. The van der Waals surface area contributed by atoms with Crippen molar-refractivity contribution in [3.8, 4) is 11.1 Å². The minimum atomic E-state index is 0. The number of hydrogen-bond acceptors (Lipinski definition) is 0. The molecule has 1 heteroatoms. The molecule has 0 N–H and O–H groups in total. The SMILES string of the molecule is CC(C)(C)c1cc(-c2cccc3[cH-]ccc23)cc(C(C)(C)C)c1.[Zr]. The van der Waals surface area contributed by atoms with E-state index in [4.69, 9.17) is 0 Å². The molecule has 3 aromatic rings. The second-order valence-corrected chi connectivity index (χ2v) is 8.63. The molecule has 24 heavy (non-hydrogen) atoms. The van der Waals surface area contributed by atoms with Crippen LogP contribution in [0.2, 0.25) is 0 Å². The van der Waals surface area contributed by atoms with Crippen LogP contribution in [0.15, 0.2) is 54.6 Å². The van der Waals surface area contributed by atoms with Gasteiger partial charge >= 0.3 is 0 Å². The maximum atomic E-state index is 2.38. The first-order chi connectivity index (χ1) is 10.7. The van der Waals surface area contributed by atoms with E-state index in [1.54, 1.807) is 0 Å². The molecule has 0 saturated heterocycles. The third-order valence-corrected chi connectivity index (χ3v) is 4.65. The van der Waals surface area contributed by atoms with Crippen LogP contribution in [-0.2, 0) is 37.0 Å². The molecule has 0 fully saturated rings. The quantitative estimate of drug-likeness (QED) is 0.397. The van der Waals surface area contributed by atoms with Gasteiger partial charge < -0.3 is 0 Å². The molecule has 3 rings (SSSR count). The first-order valence-corrected chi connectivity index (χ1v) is 8.47. The van der Waals surface area contributed by atoms with Crippen molar-refractivity contribution in [2.75, 3.05) is 0 Å². The van der Waals surface area contributed by atoms with Gasteiger partial charge in [-0.1, -0.05) is 71.4 Å². The molecule has 0 amide bonds. The van der Waals surface area contributed by atoms with Crippen molar-refractivity contribution in [1.82, 2.24) is 0 Å². The zero-order valence-electron chi connectivity index (χ0n) is 15.7. The molecule has 0 aliphatic rings. The molecule has 0 aliphatic carbocycles. The van der Waals surface area contributed by atoms with Crippen molar-refractivity contribution in [2.45, 2.75) is 52.4 Å². The molecule has 0 bridgehead atoms. The average molecular weight is 395 g/mol. The topological polar surface area (TPSA) is 0 Å². The fraction of sp³-hybridized carbons (Fsp3) is 0.348. The third kappa shape index (κ3) is 3.78. The van der Waals surface area contributed by atoms with E-state index in [-0.39, 0.29) is 37.0 Å². The maximum Gasteiger partial charge on any atom is 0 e. The van der Waals surface area contributed by atoms with Gasteiger partial charge in [0, 0.05) is 26.2 Å². The van der Waals surface area contributed by atoms with Crippen molar-refractivity contribution in [2.24, 2.45) is 0 Å². The largest absolute Gasteiger partial charge is 0.168 e. The van der Waals surface area contributed by atoms with Crippen LogP contribution in [-0.4, -0.2) is 0 Å². The Morgan fingerprint density at radius 2 is 1.33 bits per heavy atom. The molecule has 0 saturated carbocycles. The molecule has 3 aromatic carbocycles. The van der Waals surface area contributed by atoms with Gasteiger partial charge in [-0.25, -0.2) is 0 Å². The van der Waals surface area contributed by atoms with Crippen molar-refractivity contribution in [3.63, 3.8) is 0 Å². The third-order valence-electron chi connectivity index (χ3n) is 4.65. The summed E-state index contributed by atoms with van der Waals surface area (Å²) in [5.41, 5.74) is 5.78. The Morgan fingerprint density at radius 3 is 1.88 bits per heavy atom. The van der Waals surface area contributed by atoms with Gasteiger partial charge in [-0.3, -0.25) is 0 Å². The monoisotopic (exact) mass is 393 g/mol. The van der Waals surface area contributed by atoms with Gasteiger partial charge in [0.25, 0.3) is 0 Å². The van der Waals surface area contributed by atoms with Crippen LogP contribution in [0.1, 0.15) is 52.7 Å². The Morgan fingerprint density at radius 1 is 0.750 bits per heavy atom. The standard InChI is InChI=1S/C23H27.Zr/c1-22(2,3)18-13-17(14-19(15-18)23(4,5)6)21-12-8-10-16-9-7-11-20(16)21;/h7-15H,1-6H3;/q-1;. The number of fused-ring (bicyclic) bond motifs is 1. The van der Waals surface area contributed by atoms with Crippen LogP contribution < -0.4 is 0 Å². The summed E-state index contributed by atoms with van der Waals surface area (Å²) in [5, 5.41) is 2.67. The van der Waals surface area contributed by atoms with Crippen LogP contribution in [0.25, 0.3) is 21.9 Å². The van der Waals surface area contributed by atoms with E-state index in [1.807, 2.05) is 0 Å². The molecule has 0 aromatic heterocycles. The second kappa shape index (κ2) is 6.68. The smallest absolute Gasteiger partial charge is 0 e. The van der Waals surface area contributed by atoms with Gasteiger partial charge in [0.15, 0.2) is 0 Å². The molecule has 124 valence electrons. The van der Waals surface area contributed by atoms with Crippen LogP contribution >= 0.6 is 0 Å². The first kappa shape index (κ1) is 19.3. The Balaban J connectivity index is 0.00000208. The van der Waals surface area contributed by atoms with Gasteiger partial charge in [-0.15, -0.1) is 29.0 Å². The zero-order valence-corrected chi connectivity index (χ0v) is 18.2. The summed E-state index contributed by atoms with van der Waals surface area (Å²) in [6.45, 7) is 13.8. The Labute approximate surface area is 165 Å². The van der Waals surface area contributed by atoms with Gasteiger partial charge in [-0.2, -0.15) is 12.1 Å². The zero-order chi connectivity index (χ0) is 16.8. The minimum absolute atomic E-state index is 0. The number of benzene rings is 2.